The van der Waals surface area contributed by atoms with Crippen LogP contribution in [0.4, 0.5) is 0 Å². The van der Waals surface area contributed by atoms with E-state index in [9.17, 15) is 4.79 Å². The summed E-state index contributed by atoms with van der Waals surface area (Å²) in [4.78, 5) is 12.8. The normalized spacial score (nSPS) is 20.6. The van der Waals surface area contributed by atoms with Crippen molar-refractivity contribution in [3.05, 3.63) is 53.9 Å². The first-order valence-corrected chi connectivity index (χ1v) is 8.95. The first kappa shape index (κ1) is 17.7. The quantitative estimate of drug-likeness (QED) is 0.847. The van der Waals surface area contributed by atoms with Gasteiger partial charge in [0, 0.05) is 38.8 Å². The van der Waals surface area contributed by atoms with Crippen LogP contribution < -0.4 is 10.6 Å². The van der Waals surface area contributed by atoms with Gasteiger partial charge < -0.3 is 10.6 Å². The van der Waals surface area contributed by atoms with Crippen LogP contribution in [-0.4, -0.2) is 35.3 Å². The molecule has 1 aliphatic heterocycles. The molecular weight excluding hydrogens is 312 g/mol. The highest BCUT2D eigenvalue weighted by Gasteiger charge is 2.35. The van der Waals surface area contributed by atoms with Crippen molar-refractivity contribution >= 4 is 5.91 Å². The van der Waals surface area contributed by atoms with Gasteiger partial charge >= 0.3 is 0 Å². The zero-order chi connectivity index (χ0) is 17.9. The number of aromatic nitrogens is 2. The van der Waals surface area contributed by atoms with Crippen LogP contribution in [0.25, 0.3) is 0 Å². The minimum absolute atomic E-state index is 0.0207. The van der Waals surface area contributed by atoms with Gasteiger partial charge in [0.25, 0.3) is 0 Å². The third-order valence-electron chi connectivity index (χ3n) is 4.97. The number of carbonyl (C=O) groups excluding carboxylic acids is 1. The highest BCUT2D eigenvalue weighted by Crippen LogP contribution is 2.28. The standard InChI is InChI=1S/C20H28N4O/c1-20(2,9-15-7-5-4-6-8-15)14-22-19(25)18-12-21-11-17(18)16-10-23-24(3)13-16/h4-8,10,13,17-18,21H,9,11-12,14H2,1-3H3,(H,22,25)/t17-,18+/m1/s1. The molecule has 134 valence electrons. The van der Waals surface area contributed by atoms with Gasteiger partial charge in [-0.25, -0.2) is 0 Å². The van der Waals surface area contributed by atoms with Gasteiger partial charge in [-0.2, -0.15) is 5.10 Å². The topological polar surface area (TPSA) is 59.0 Å². The second kappa shape index (κ2) is 7.40. The number of rotatable bonds is 6. The molecule has 2 atom stereocenters. The zero-order valence-corrected chi connectivity index (χ0v) is 15.3. The van der Waals surface area contributed by atoms with Gasteiger partial charge in [0.2, 0.25) is 5.91 Å². The summed E-state index contributed by atoms with van der Waals surface area (Å²) in [6.07, 6.45) is 4.83. The van der Waals surface area contributed by atoms with Crippen molar-refractivity contribution < 1.29 is 4.79 Å². The number of nitrogens with one attached hydrogen (secondary N) is 2. The number of hydrogen-bond donors (Lipinski definition) is 2. The van der Waals surface area contributed by atoms with E-state index in [0.717, 1.165) is 25.1 Å². The van der Waals surface area contributed by atoms with Crippen LogP contribution in [0, 0.1) is 11.3 Å². The third kappa shape index (κ3) is 4.48. The van der Waals surface area contributed by atoms with Gasteiger partial charge in [-0.1, -0.05) is 44.2 Å². The molecule has 2 heterocycles. The summed E-state index contributed by atoms with van der Waals surface area (Å²) in [7, 11) is 1.91. The number of nitrogens with zero attached hydrogens (tertiary/aromatic N) is 2. The minimum Gasteiger partial charge on any atom is -0.355 e. The minimum atomic E-state index is -0.0308. The molecule has 5 nitrogen and oxygen atoms in total. The lowest BCUT2D eigenvalue weighted by Crippen LogP contribution is -2.40. The van der Waals surface area contributed by atoms with Crippen molar-refractivity contribution in [1.82, 2.24) is 20.4 Å². The fourth-order valence-electron chi connectivity index (χ4n) is 3.60. The average molecular weight is 340 g/mol. The van der Waals surface area contributed by atoms with Crippen LogP contribution in [0.5, 0.6) is 0 Å². The van der Waals surface area contributed by atoms with Crippen molar-refractivity contribution in [1.29, 1.82) is 0 Å². The third-order valence-corrected chi connectivity index (χ3v) is 4.97. The maximum Gasteiger partial charge on any atom is 0.225 e. The fraction of sp³-hybridized carbons (Fsp3) is 0.500. The molecule has 3 rings (SSSR count). The Hall–Kier alpha value is -2.14. The summed E-state index contributed by atoms with van der Waals surface area (Å²) in [5.74, 6) is 0.308. The number of carbonyl (C=O) groups is 1. The largest absolute Gasteiger partial charge is 0.355 e. The van der Waals surface area contributed by atoms with Crippen molar-refractivity contribution in [2.45, 2.75) is 26.2 Å². The molecule has 5 heteroatoms. The number of benzene rings is 1. The second-order valence-corrected chi connectivity index (χ2v) is 7.86. The molecule has 1 saturated heterocycles. The van der Waals surface area contributed by atoms with E-state index in [0.29, 0.717) is 6.54 Å². The predicted molar refractivity (Wildman–Crippen MR) is 99.2 cm³/mol. The molecule has 0 unspecified atom stereocenters. The number of amides is 1. The first-order valence-electron chi connectivity index (χ1n) is 8.95. The fourth-order valence-corrected chi connectivity index (χ4v) is 3.60. The summed E-state index contributed by atoms with van der Waals surface area (Å²) in [6, 6.07) is 10.4. The Kier molecular flexibility index (Phi) is 5.23. The molecule has 0 saturated carbocycles. The van der Waals surface area contributed by atoms with Crippen molar-refractivity contribution in [3.63, 3.8) is 0 Å². The summed E-state index contributed by atoms with van der Waals surface area (Å²) in [6.45, 7) is 6.64. The SMILES string of the molecule is Cn1cc([C@H]2CNC[C@@H]2C(=O)NCC(C)(C)Cc2ccccc2)cn1. The molecule has 0 radical (unpaired) electrons. The van der Waals surface area contributed by atoms with Crippen LogP contribution >= 0.6 is 0 Å². The molecule has 25 heavy (non-hydrogen) atoms. The van der Waals surface area contributed by atoms with Gasteiger partial charge in [-0.05, 0) is 23.0 Å². The van der Waals surface area contributed by atoms with E-state index in [2.05, 4.69) is 53.8 Å². The molecule has 2 aromatic rings. The van der Waals surface area contributed by atoms with Crippen LogP contribution in [0.3, 0.4) is 0 Å². The van der Waals surface area contributed by atoms with E-state index in [1.807, 2.05) is 25.5 Å². The number of hydrogen-bond acceptors (Lipinski definition) is 3. The molecule has 1 fully saturated rings. The van der Waals surface area contributed by atoms with Crippen LogP contribution in [0.2, 0.25) is 0 Å². The Morgan fingerprint density at radius 1 is 1.32 bits per heavy atom. The number of aryl methyl sites for hydroxylation is 1. The van der Waals surface area contributed by atoms with E-state index in [4.69, 9.17) is 0 Å². The lowest BCUT2D eigenvalue weighted by atomic mass is 9.85. The molecule has 1 amide bonds. The highest BCUT2D eigenvalue weighted by molar-refractivity contribution is 5.80. The van der Waals surface area contributed by atoms with Crippen LogP contribution in [-0.2, 0) is 18.3 Å². The Labute approximate surface area is 149 Å². The summed E-state index contributed by atoms with van der Waals surface area (Å²) in [5, 5.41) is 10.8. The molecule has 1 aromatic heterocycles. The van der Waals surface area contributed by atoms with Gasteiger partial charge in [0.15, 0.2) is 0 Å². The molecule has 1 aliphatic rings. The molecule has 2 N–H and O–H groups in total. The lowest BCUT2D eigenvalue weighted by molar-refractivity contribution is -0.125. The molecular formula is C20H28N4O. The van der Waals surface area contributed by atoms with Gasteiger partial charge in [-0.15, -0.1) is 0 Å². The van der Waals surface area contributed by atoms with E-state index in [1.165, 1.54) is 5.56 Å². The van der Waals surface area contributed by atoms with Gasteiger partial charge in [0.05, 0.1) is 12.1 Å². The van der Waals surface area contributed by atoms with E-state index in [1.54, 1.807) is 4.68 Å². The first-order chi connectivity index (χ1) is 11.9. The van der Waals surface area contributed by atoms with E-state index in [-0.39, 0.29) is 23.2 Å². The Bertz CT molecular complexity index is 707. The molecule has 1 aromatic carbocycles. The monoisotopic (exact) mass is 340 g/mol. The van der Waals surface area contributed by atoms with E-state index >= 15 is 0 Å². The maximum atomic E-state index is 12.8. The lowest BCUT2D eigenvalue weighted by Gasteiger charge is -2.27. The van der Waals surface area contributed by atoms with Gasteiger partial charge in [0.1, 0.15) is 0 Å². The average Bonchev–Trinajstić information content (AvgIpc) is 3.22. The summed E-state index contributed by atoms with van der Waals surface area (Å²) < 4.78 is 1.80. The maximum absolute atomic E-state index is 12.8. The highest BCUT2D eigenvalue weighted by atomic mass is 16.1. The Balaban J connectivity index is 1.58. The summed E-state index contributed by atoms with van der Waals surface area (Å²) >= 11 is 0. The van der Waals surface area contributed by atoms with Crippen molar-refractivity contribution in [2.24, 2.45) is 18.4 Å². The van der Waals surface area contributed by atoms with Crippen LogP contribution in [0.1, 0.15) is 30.9 Å². The van der Waals surface area contributed by atoms with Crippen molar-refractivity contribution in [2.75, 3.05) is 19.6 Å². The van der Waals surface area contributed by atoms with Crippen molar-refractivity contribution in [3.8, 4) is 0 Å². The molecule has 0 spiro atoms. The smallest absolute Gasteiger partial charge is 0.225 e. The summed E-state index contributed by atoms with van der Waals surface area (Å²) in [5.41, 5.74) is 2.46. The van der Waals surface area contributed by atoms with E-state index < -0.39 is 0 Å². The molecule has 0 bridgehead atoms. The Morgan fingerprint density at radius 3 is 2.76 bits per heavy atom. The van der Waals surface area contributed by atoms with Gasteiger partial charge in [-0.3, -0.25) is 9.48 Å². The predicted octanol–water partition coefficient (Wildman–Crippen LogP) is 2.11. The molecule has 0 aliphatic carbocycles. The Morgan fingerprint density at radius 2 is 2.08 bits per heavy atom. The second-order valence-electron chi connectivity index (χ2n) is 7.86. The zero-order valence-electron chi connectivity index (χ0n) is 15.3. The van der Waals surface area contributed by atoms with Crippen LogP contribution in [0.15, 0.2) is 42.7 Å².